The number of tetrazole rings is 1. The highest BCUT2D eigenvalue weighted by molar-refractivity contribution is 6.08. The Bertz CT molecular complexity index is 1030. The maximum atomic E-state index is 13.0. The molecule has 1 aromatic carbocycles. The first kappa shape index (κ1) is 21.0. The van der Waals surface area contributed by atoms with Crippen molar-refractivity contribution < 1.29 is 4.79 Å². The zero-order valence-corrected chi connectivity index (χ0v) is 18.5. The summed E-state index contributed by atoms with van der Waals surface area (Å²) in [7, 11) is 0. The third-order valence-corrected chi connectivity index (χ3v) is 6.07. The van der Waals surface area contributed by atoms with E-state index >= 15 is 0 Å². The molecule has 0 atom stereocenters. The van der Waals surface area contributed by atoms with E-state index in [2.05, 4.69) is 56.6 Å². The lowest BCUT2D eigenvalue weighted by molar-refractivity contribution is 0.102. The topological polar surface area (TPSA) is 99.7 Å². The van der Waals surface area contributed by atoms with Crippen LogP contribution in [0, 0.1) is 18.3 Å². The van der Waals surface area contributed by atoms with E-state index in [-0.39, 0.29) is 5.91 Å². The van der Waals surface area contributed by atoms with E-state index in [1.165, 1.54) is 0 Å². The number of aromatic nitrogens is 5. The Morgan fingerprint density at radius 1 is 1.16 bits per heavy atom. The highest BCUT2D eigenvalue weighted by atomic mass is 16.1. The molecule has 0 bridgehead atoms. The minimum Gasteiger partial charge on any atom is -0.371 e. The number of carbonyl (C=O) groups is 1. The summed E-state index contributed by atoms with van der Waals surface area (Å²) < 4.78 is 0. The van der Waals surface area contributed by atoms with Crippen LogP contribution in [-0.4, -0.2) is 44.6 Å². The monoisotopic (exact) mass is 419 g/mol. The second-order valence-electron chi connectivity index (χ2n) is 9.27. The lowest BCUT2D eigenvalue weighted by Crippen LogP contribution is -2.38. The average molecular weight is 420 g/mol. The molecule has 8 heteroatoms. The number of pyridine rings is 1. The molecular weight excluding hydrogens is 390 g/mol. The molecule has 1 aliphatic heterocycles. The summed E-state index contributed by atoms with van der Waals surface area (Å²) in [5, 5.41) is 17.3. The molecule has 1 amide bonds. The zero-order chi connectivity index (χ0) is 22.0. The molecule has 0 aliphatic carbocycles. The number of anilines is 2. The molecule has 0 radical (unpaired) electrons. The third kappa shape index (κ3) is 4.73. The van der Waals surface area contributed by atoms with Crippen molar-refractivity contribution in [1.29, 1.82) is 0 Å². The maximum absolute atomic E-state index is 13.0. The summed E-state index contributed by atoms with van der Waals surface area (Å²) >= 11 is 0. The lowest BCUT2D eigenvalue weighted by atomic mass is 9.75. The number of benzene rings is 1. The minimum atomic E-state index is -0.255. The fourth-order valence-corrected chi connectivity index (χ4v) is 4.12. The number of rotatable bonds is 4. The van der Waals surface area contributed by atoms with Crippen LogP contribution >= 0.6 is 0 Å². The molecule has 162 valence electrons. The van der Waals surface area contributed by atoms with Crippen LogP contribution < -0.4 is 10.2 Å². The van der Waals surface area contributed by atoms with Crippen LogP contribution in [-0.2, 0) is 0 Å². The van der Waals surface area contributed by atoms with Crippen molar-refractivity contribution in [3.8, 4) is 11.4 Å². The predicted molar refractivity (Wildman–Crippen MR) is 121 cm³/mol. The van der Waals surface area contributed by atoms with E-state index in [1.807, 2.05) is 31.2 Å². The van der Waals surface area contributed by atoms with Gasteiger partial charge in [0.15, 0.2) is 0 Å². The van der Waals surface area contributed by atoms with Crippen molar-refractivity contribution in [3.63, 3.8) is 0 Å². The molecule has 0 unspecified atom stereocenters. The smallest absolute Gasteiger partial charge is 0.257 e. The minimum absolute atomic E-state index is 0.255. The van der Waals surface area contributed by atoms with Gasteiger partial charge >= 0.3 is 0 Å². The van der Waals surface area contributed by atoms with Crippen LogP contribution in [0.25, 0.3) is 11.4 Å². The fourth-order valence-electron chi connectivity index (χ4n) is 4.12. The Hall–Kier alpha value is -3.29. The highest BCUT2D eigenvalue weighted by Crippen LogP contribution is 2.36. The van der Waals surface area contributed by atoms with Crippen molar-refractivity contribution in [2.24, 2.45) is 11.3 Å². The molecule has 1 fully saturated rings. The van der Waals surface area contributed by atoms with Crippen LogP contribution in [0.4, 0.5) is 11.5 Å². The number of hydrogen-bond acceptors (Lipinski definition) is 6. The second kappa shape index (κ2) is 8.45. The molecule has 2 N–H and O–H groups in total. The van der Waals surface area contributed by atoms with Gasteiger partial charge in [0.05, 0.1) is 5.56 Å². The van der Waals surface area contributed by atoms with Crippen LogP contribution in [0.5, 0.6) is 0 Å². The van der Waals surface area contributed by atoms with Crippen molar-refractivity contribution in [3.05, 3.63) is 47.7 Å². The van der Waals surface area contributed by atoms with Gasteiger partial charge in [-0.25, -0.2) is 4.98 Å². The van der Waals surface area contributed by atoms with E-state index in [1.54, 1.807) is 12.3 Å². The van der Waals surface area contributed by atoms with Gasteiger partial charge in [-0.2, -0.15) is 5.21 Å². The average Bonchev–Trinajstić information content (AvgIpc) is 3.29. The van der Waals surface area contributed by atoms with Gasteiger partial charge in [-0.3, -0.25) is 4.79 Å². The van der Waals surface area contributed by atoms with E-state index in [4.69, 9.17) is 0 Å². The van der Waals surface area contributed by atoms with Crippen LogP contribution in [0.1, 0.15) is 49.5 Å². The first-order valence-corrected chi connectivity index (χ1v) is 10.7. The quantitative estimate of drug-likeness (QED) is 0.661. The summed E-state index contributed by atoms with van der Waals surface area (Å²) in [6.45, 7) is 10.9. The molecule has 0 saturated carbocycles. The van der Waals surface area contributed by atoms with Gasteiger partial charge in [0.1, 0.15) is 5.82 Å². The number of aromatic amines is 1. The van der Waals surface area contributed by atoms with Gasteiger partial charge in [-0.15, -0.1) is 10.2 Å². The molecule has 3 heterocycles. The van der Waals surface area contributed by atoms with E-state index < -0.39 is 0 Å². The standard InChI is InChI=1S/C23H29N7O/c1-15-5-8-20(24-14-15)25-22(31)18-7-6-17(13-19(18)21-26-28-29-27-21)30-11-9-16(10-12-30)23(2,3)4/h5-8,13-14,16H,9-12H2,1-4H3,(H,24,25,31)(H,26,27,28,29). The summed E-state index contributed by atoms with van der Waals surface area (Å²) in [5.74, 6) is 1.36. The fraction of sp³-hybridized carbons (Fsp3) is 0.435. The predicted octanol–water partition coefficient (Wildman–Crippen LogP) is 4.08. The molecule has 3 aromatic rings. The second-order valence-corrected chi connectivity index (χ2v) is 9.27. The Labute approximate surface area is 182 Å². The summed E-state index contributed by atoms with van der Waals surface area (Å²) in [5.41, 5.74) is 3.56. The molecule has 2 aromatic heterocycles. The van der Waals surface area contributed by atoms with Gasteiger partial charge in [-0.05, 0) is 66.1 Å². The lowest BCUT2D eigenvalue weighted by Gasteiger charge is -2.39. The molecule has 4 rings (SSSR count). The molecule has 1 saturated heterocycles. The maximum Gasteiger partial charge on any atom is 0.257 e. The molecule has 1 aliphatic rings. The van der Waals surface area contributed by atoms with Crippen LogP contribution in [0.2, 0.25) is 0 Å². The molecule has 0 spiro atoms. The molecule has 8 nitrogen and oxygen atoms in total. The Morgan fingerprint density at radius 2 is 1.94 bits per heavy atom. The van der Waals surface area contributed by atoms with Crippen molar-refractivity contribution in [2.75, 3.05) is 23.3 Å². The molecule has 31 heavy (non-hydrogen) atoms. The van der Waals surface area contributed by atoms with Crippen molar-refractivity contribution >= 4 is 17.4 Å². The third-order valence-electron chi connectivity index (χ3n) is 6.07. The summed E-state index contributed by atoms with van der Waals surface area (Å²) in [6, 6.07) is 9.51. The number of hydrogen-bond donors (Lipinski definition) is 2. The van der Waals surface area contributed by atoms with Gasteiger partial charge in [-0.1, -0.05) is 26.8 Å². The van der Waals surface area contributed by atoms with Gasteiger partial charge in [0.2, 0.25) is 5.82 Å². The number of piperidine rings is 1. The molecular formula is C23H29N7O. The largest absolute Gasteiger partial charge is 0.371 e. The zero-order valence-electron chi connectivity index (χ0n) is 18.5. The number of amides is 1. The van der Waals surface area contributed by atoms with Crippen LogP contribution in [0.15, 0.2) is 36.5 Å². The van der Waals surface area contributed by atoms with E-state index in [0.717, 1.165) is 37.2 Å². The number of aryl methyl sites for hydroxylation is 1. The van der Waals surface area contributed by atoms with Gasteiger partial charge in [0.25, 0.3) is 5.91 Å². The number of carbonyl (C=O) groups excluding carboxylic acids is 1. The Balaban J connectivity index is 1.59. The Kier molecular flexibility index (Phi) is 5.71. The van der Waals surface area contributed by atoms with Gasteiger partial charge in [0, 0.05) is 30.5 Å². The number of H-pyrrole nitrogens is 1. The number of nitrogens with one attached hydrogen (secondary N) is 2. The first-order valence-electron chi connectivity index (χ1n) is 10.7. The number of nitrogens with zero attached hydrogens (tertiary/aromatic N) is 5. The highest BCUT2D eigenvalue weighted by Gasteiger charge is 2.29. The van der Waals surface area contributed by atoms with Crippen LogP contribution in [0.3, 0.4) is 0 Å². The van der Waals surface area contributed by atoms with E-state index in [9.17, 15) is 4.79 Å². The Morgan fingerprint density at radius 3 is 2.55 bits per heavy atom. The normalized spacial score (nSPS) is 15.2. The van der Waals surface area contributed by atoms with Crippen molar-refractivity contribution in [2.45, 2.75) is 40.5 Å². The summed E-state index contributed by atoms with van der Waals surface area (Å²) in [4.78, 5) is 19.6. The first-order chi connectivity index (χ1) is 14.8. The van der Waals surface area contributed by atoms with E-state index in [0.29, 0.717) is 34.1 Å². The summed E-state index contributed by atoms with van der Waals surface area (Å²) in [6.07, 6.45) is 4.03. The van der Waals surface area contributed by atoms with Crippen molar-refractivity contribution in [1.82, 2.24) is 25.6 Å². The van der Waals surface area contributed by atoms with Gasteiger partial charge < -0.3 is 10.2 Å². The SMILES string of the molecule is Cc1ccc(NC(=O)c2ccc(N3CCC(C(C)(C)C)CC3)cc2-c2nn[nH]n2)nc1.